The zero-order chi connectivity index (χ0) is 10.1. The Morgan fingerprint density at radius 3 is 2.08 bits per heavy atom. The topological polar surface area (TPSA) is 46.2 Å². The maximum atomic E-state index is 10.3. The maximum absolute atomic E-state index is 10.3. The van der Waals surface area contributed by atoms with E-state index in [-0.39, 0.29) is 16.9 Å². The monoisotopic (exact) mass is 185 g/mol. The van der Waals surface area contributed by atoms with Crippen molar-refractivity contribution in [3.63, 3.8) is 0 Å². The molecule has 0 bridgehead atoms. The number of hydrogen-bond acceptors (Lipinski definition) is 2. The number of rotatable bonds is 2. The van der Waals surface area contributed by atoms with Crippen molar-refractivity contribution < 1.29 is 5.11 Å². The second-order valence-corrected chi connectivity index (χ2v) is 5.54. The predicted octanol–water partition coefficient (Wildman–Crippen LogP) is 1.91. The van der Waals surface area contributed by atoms with Crippen molar-refractivity contribution in [2.24, 2.45) is 16.6 Å². The molecule has 0 aromatic carbocycles. The van der Waals surface area contributed by atoms with Crippen molar-refractivity contribution in [3.05, 3.63) is 0 Å². The summed E-state index contributed by atoms with van der Waals surface area (Å²) in [5.74, 6) is 0. The molecule has 1 aliphatic rings. The van der Waals surface area contributed by atoms with E-state index in [9.17, 15) is 5.11 Å². The molecule has 78 valence electrons. The molecule has 2 heteroatoms. The van der Waals surface area contributed by atoms with Gasteiger partial charge in [-0.3, -0.25) is 0 Å². The Kier molecular flexibility index (Phi) is 3.03. The van der Waals surface area contributed by atoms with Crippen molar-refractivity contribution in [3.8, 4) is 0 Å². The molecule has 0 heterocycles. The van der Waals surface area contributed by atoms with Gasteiger partial charge in [0.15, 0.2) is 0 Å². The van der Waals surface area contributed by atoms with E-state index >= 15 is 0 Å². The first kappa shape index (κ1) is 11.0. The molecule has 0 aromatic rings. The fraction of sp³-hybridized carbons (Fsp3) is 1.00. The van der Waals surface area contributed by atoms with Gasteiger partial charge in [-0.25, -0.2) is 0 Å². The summed E-state index contributed by atoms with van der Waals surface area (Å²) in [6.45, 7) is 6.90. The van der Waals surface area contributed by atoms with Gasteiger partial charge < -0.3 is 10.8 Å². The standard InChI is InChI=1S/C11H23NO/c1-10(2,3)9(13)11(8-12)6-4-5-7-11/h9,13H,4-8,12H2,1-3H3. The minimum absolute atomic E-state index is 0.0122. The van der Waals surface area contributed by atoms with Crippen LogP contribution in [-0.2, 0) is 0 Å². The first-order chi connectivity index (χ1) is 5.92. The van der Waals surface area contributed by atoms with Gasteiger partial charge in [0.1, 0.15) is 0 Å². The molecular formula is C11H23NO. The fourth-order valence-corrected chi connectivity index (χ4v) is 2.59. The summed E-state index contributed by atoms with van der Waals surface area (Å²) in [6.07, 6.45) is 4.39. The lowest BCUT2D eigenvalue weighted by Gasteiger charge is -2.40. The maximum Gasteiger partial charge on any atom is 0.0656 e. The Morgan fingerprint density at radius 2 is 1.77 bits per heavy atom. The van der Waals surface area contributed by atoms with E-state index in [1.165, 1.54) is 12.8 Å². The molecule has 0 aromatic heterocycles. The van der Waals surface area contributed by atoms with Gasteiger partial charge in [0.05, 0.1) is 6.10 Å². The molecule has 1 rings (SSSR count). The van der Waals surface area contributed by atoms with Crippen molar-refractivity contribution in [2.45, 2.75) is 52.6 Å². The molecule has 2 nitrogen and oxygen atoms in total. The van der Waals surface area contributed by atoms with Gasteiger partial charge in [0.25, 0.3) is 0 Å². The largest absolute Gasteiger partial charge is 0.392 e. The van der Waals surface area contributed by atoms with E-state index in [1.54, 1.807) is 0 Å². The van der Waals surface area contributed by atoms with Crippen LogP contribution in [0.1, 0.15) is 46.5 Å². The zero-order valence-corrected chi connectivity index (χ0v) is 9.14. The molecule has 1 atom stereocenters. The molecule has 1 unspecified atom stereocenters. The molecule has 1 aliphatic carbocycles. The Bertz CT molecular complexity index is 165. The second-order valence-electron chi connectivity index (χ2n) is 5.54. The summed E-state index contributed by atoms with van der Waals surface area (Å²) in [5, 5.41) is 10.3. The highest BCUT2D eigenvalue weighted by Crippen LogP contribution is 2.45. The summed E-state index contributed by atoms with van der Waals surface area (Å²) in [5.41, 5.74) is 5.78. The van der Waals surface area contributed by atoms with Crippen LogP contribution in [0.25, 0.3) is 0 Å². The average Bonchev–Trinajstić information content (AvgIpc) is 2.50. The first-order valence-corrected chi connectivity index (χ1v) is 5.30. The Labute approximate surface area is 81.5 Å². The smallest absolute Gasteiger partial charge is 0.0656 e. The van der Waals surface area contributed by atoms with Crippen LogP contribution in [0.15, 0.2) is 0 Å². The highest BCUT2D eigenvalue weighted by molar-refractivity contribution is 4.96. The molecule has 1 saturated carbocycles. The van der Waals surface area contributed by atoms with Crippen LogP contribution in [0.2, 0.25) is 0 Å². The van der Waals surface area contributed by atoms with E-state index < -0.39 is 0 Å². The van der Waals surface area contributed by atoms with Crippen LogP contribution in [0, 0.1) is 10.8 Å². The molecular weight excluding hydrogens is 162 g/mol. The Hall–Kier alpha value is -0.0800. The Balaban J connectivity index is 2.76. The normalized spacial score (nSPS) is 24.7. The van der Waals surface area contributed by atoms with Gasteiger partial charge in [-0.05, 0) is 18.3 Å². The SMILES string of the molecule is CC(C)(C)C(O)C1(CN)CCCC1. The molecule has 13 heavy (non-hydrogen) atoms. The number of hydrogen-bond donors (Lipinski definition) is 2. The summed E-state index contributed by atoms with van der Waals surface area (Å²) in [4.78, 5) is 0. The van der Waals surface area contributed by atoms with Crippen LogP contribution in [0.3, 0.4) is 0 Å². The van der Waals surface area contributed by atoms with Gasteiger partial charge in [-0.15, -0.1) is 0 Å². The van der Waals surface area contributed by atoms with Crippen LogP contribution in [-0.4, -0.2) is 17.8 Å². The minimum atomic E-state index is -0.257. The van der Waals surface area contributed by atoms with E-state index in [0.29, 0.717) is 6.54 Å². The summed E-state index contributed by atoms with van der Waals surface area (Å²) >= 11 is 0. The van der Waals surface area contributed by atoms with Gasteiger partial charge in [-0.2, -0.15) is 0 Å². The lowest BCUT2D eigenvalue weighted by atomic mass is 9.70. The van der Waals surface area contributed by atoms with Gasteiger partial charge in [-0.1, -0.05) is 33.6 Å². The van der Waals surface area contributed by atoms with Crippen molar-refractivity contribution >= 4 is 0 Å². The summed E-state index contributed by atoms with van der Waals surface area (Å²) in [6, 6.07) is 0. The van der Waals surface area contributed by atoms with Gasteiger partial charge in [0, 0.05) is 12.0 Å². The summed E-state index contributed by atoms with van der Waals surface area (Å²) in [7, 11) is 0. The minimum Gasteiger partial charge on any atom is -0.392 e. The molecule has 0 amide bonds. The fourth-order valence-electron chi connectivity index (χ4n) is 2.59. The second kappa shape index (κ2) is 3.58. The summed E-state index contributed by atoms with van der Waals surface area (Å²) < 4.78 is 0. The highest BCUT2D eigenvalue weighted by atomic mass is 16.3. The molecule has 3 N–H and O–H groups in total. The number of aliphatic hydroxyl groups excluding tert-OH is 1. The third kappa shape index (κ3) is 2.05. The van der Waals surface area contributed by atoms with Gasteiger partial charge >= 0.3 is 0 Å². The average molecular weight is 185 g/mol. The van der Waals surface area contributed by atoms with Crippen LogP contribution < -0.4 is 5.73 Å². The molecule has 1 fully saturated rings. The van der Waals surface area contributed by atoms with Crippen molar-refractivity contribution in [1.82, 2.24) is 0 Å². The number of aliphatic hydroxyl groups is 1. The molecule has 0 aliphatic heterocycles. The van der Waals surface area contributed by atoms with Crippen molar-refractivity contribution in [1.29, 1.82) is 0 Å². The molecule has 0 saturated heterocycles. The third-order valence-corrected chi connectivity index (χ3v) is 3.41. The van der Waals surface area contributed by atoms with Crippen molar-refractivity contribution in [2.75, 3.05) is 6.54 Å². The quantitative estimate of drug-likeness (QED) is 0.690. The van der Waals surface area contributed by atoms with E-state index in [2.05, 4.69) is 20.8 Å². The lowest BCUT2D eigenvalue weighted by molar-refractivity contribution is -0.0432. The number of nitrogens with two attached hydrogens (primary N) is 1. The predicted molar refractivity (Wildman–Crippen MR) is 55.4 cm³/mol. The van der Waals surface area contributed by atoms with E-state index in [1.807, 2.05) is 0 Å². The molecule has 0 spiro atoms. The third-order valence-electron chi connectivity index (χ3n) is 3.41. The van der Waals surface area contributed by atoms with Gasteiger partial charge in [0.2, 0.25) is 0 Å². The Morgan fingerprint density at radius 1 is 1.31 bits per heavy atom. The van der Waals surface area contributed by atoms with Crippen LogP contribution in [0.4, 0.5) is 0 Å². The highest BCUT2D eigenvalue weighted by Gasteiger charge is 2.44. The van der Waals surface area contributed by atoms with Crippen LogP contribution >= 0.6 is 0 Å². The van der Waals surface area contributed by atoms with Crippen LogP contribution in [0.5, 0.6) is 0 Å². The lowest BCUT2D eigenvalue weighted by Crippen LogP contribution is -2.46. The van der Waals surface area contributed by atoms with E-state index in [4.69, 9.17) is 5.73 Å². The zero-order valence-electron chi connectivity index (χ0n) is 9.14. The first-order valence-electron chi connectivity index (χ1n) is 5.30. The molecule has 0 radical (unpaired) electrons. The van der Waals surface area contributed by atoms with E-state index in [0.717, 1.165) is 12.8 Å².